The lowest BCUT2D eigenvalue weighted by atomic mass is 10.1. The Bertz CT molecular complexity index is 1090. The Morgan fingerprint density at radius 2 is 1.43 bits per heavy atom. The van der Waals surface area contributed by atoms with Crippen LogP contribution in [0.5, 0.6) is 28.7 Å². The van der Waals surface area contributed by atoms with Gasteiger partial charge in [-0.15, -0.1) is 0 Å². The van der Waals surface area contributed by atoms with Crippen molar-refractivity contribution in [2.75, 3.05) is 41.3 Å². The number of rotatable bonds is 6. The summed E-state index contributed by atoms with van der Waals surface area (Å²) in [5.74, 6) is 2.00. The molecule has 0 amide bonds. The lowest BCUT2D eigenvalue weighted by molar-refractivity contribution is 0.327. The molecule has 0 radical (unpaired) electrons. The third kappa shape index (κ3) is 2.92. The monoisotopic (exact) mass is 387 g/mol. The summed E-state index contributed by atoms with van der Waals surface area (Å²) < 4.78 is 32.6. The molecule has 0 fully saturated rings. The van der Waals surface area contributed by atoms with Crippen LogP contribution in [0.15, 0.2) is 33.5 Å². The second-order valence-corrected chi connectivity index (χ2v) is 5.76. The van der Waals surface area contributed by atoms with Crippen molar-refractivity contribution in [1.29, 1.82) is 0 Å². The van der Waals surface area contributed by atoms with Gasteiger partial charge in [-0.1, -0.05) is 0 Å². The third-order valence-corrected chi connectivity index (χ3v) is 4.36. The van der Waals surface area contributed by atoms with Gasteiger partial charge < -0.3 is 33.8 Å². The zero-order valence-corrected chi connectivity index (χ0v) is 16.2. The molecule has 8 nitrogen and oxygen atoms in total. The number of hydrogen-bond acceptors (Lipinski definition) is 8. The molecular weight excluding hydrogens is 366 g/mol. The Morgan fingerprint density at radius 1 is 0.786 bits per heavy atom. The zero-order chi connectivity index (χ0) is 20.4. The fraction of sp³-hybridized carbons (Fsp3) is 0.250. The van der Waals surface area contributed by atoms with E-state index in [1.165, 1.54) is 34.5 Å². The average Bonchev–Trinajstić information content (AvgIpc) is 2.72. The molecule has 1 aromatic heterocycles. The van der Waals surface area contributed by atoms with E-state index in [4.69, 9.17) is 33.8 Å². The van der Waals surface area contributed by atoms with E-state index in [1.807, 2.05) is 0 Å². The molecule has 0 bridgehead atoms. The van der Waals surface area contributed by atoms with Crippen molar-refractivity contribution in [3.05, 3.63) is 34.5 Å². The first-order valence-corrected chi connectivity index (χ1v) is 8.28. The van der Waals surface area contributed by atoms with Gasteiger partial charge in [-0.05, 0) is 18.2 Å². The summed E-state index contributed by atoms with van der Waals surface area (Å²) >= 11 is 0. The number of hydrogen-bond donors (Lipinski definition) is 1. The lowest BCUT2D eigenvalue weighted by Crippen LogP contribution is -2.08. The van der Waals surface area contributed by atoms with Crippen LogP contribution in [0.4, 0.5) is 5.69 Å². The minimum atomic E-state index is -0.337. The standard InChI is InChI=1S/C20H21NO7/c1-23-12-7-6-10(8-14(12)24-2)13-9-11(22)15-17(28-13)16(21)19(26-4)20(27-5)18(15)25-3/h6-9H,21H2,1-5H3. The summed E-state index contributed by atoms with van der Waals surface area (Å²) in [5.41, 5.74) is 6.77. The van der Waals surface area contributed by atoms with Crippen molar-refractivity contribution in [3.63, 3.8) is 0 Å². The number of fused-ring (bicyclic) bond motifs is 1. The SMILES string of the molecule is COc1ccc(-c2cc(=O)c3c(OC)c(OC)c(OC)c(N)c3o2)cc1OC. The van der Waals surface area contributed by atoms with Crippen LogP contribution in [0, 0.1) is 0 Å². The summed E-state index contributed by atoms with van der Waals surface area (Å²) in [6.45, 7) is 0. The van der Waals surface area contributed by atoms with Crippen molar-refractivity contribution in [2.45, 2.75) is 0 Å². The highest BCUT2D eigenvalue weighted by molar-refractivity contribution is 5.99. The Kier molecular flexibility index (Phi) is 5.21. The predicted octanol–water partition coefficient (Wildman–Crippen LogP) is 3.09. The molecule has 0 spiro atoms. The molecule has 1 heterocycles. The van der Waals surface area contributed by atoms with Crippen LogP contribution in [0.1, 0.15) is 0 Å². The molecule has 2 N–H and O–H groups in total. The first-order valence-electron chi connectivity index (χ1n) is 8.28. The van der Waals surface area contributed by atoms with Crippen molar-refractivity contribution >= 4 is 16.7 Å². The molecular formula is C20H21NO7. The minimum absolute atomic E-state index is 0.134. The molecule has 0 unspecified atom stereocenters. The molecule has 28 heavy (non-hydrogen) atoms. The molecule has 0 aliphatic carbocycles. The van der Waals surface area contributed by atoms with Crippen LogP contribution in [0.3, 0.4) is 0 Å². The molecule has 0 aliphatic rings. The van der Waals surface area contributed by atoms with Gasteiger partial charge >= 0.3 is 0 Å². The van der Waals surface area contributed by atoms with Gasteiger partial charge in [0.1, 0.15) is 16.8 Å². The van der Waals surface area contributed by atoms with E-state index in [0.29, 0.717) is 22.8 Å². The van der Waals surface area contributed by atoms with Crippen LogP contribution in [0.25, 0.3) is 22.3 Å². The Morgan fingerprint density at radius 3 is 2.00 bits per heavy atom. The highest BCUT2D eigenvalue weighted by Gasteiger charge is 2.25. The molecule has 0 saturated carbocycles. The Balaban J connectivity index is 2.35. The first kappa shape index (κ1) is 19.2. The maximum Gasteiger partial charge on any atom is 0.206 e. The van der Waals surface area contributed by atoms with Gasteiger partial charge in [0.25, 0.3) is 0 Å². The highest BCUT2D eigenvalue weighted by Crippen LogP contribution is 2.48. The van der Waals surface area contributed by atoms with E-state index in [-0.39, 0.29) is 39.3 Å². The van der Waals surface area contributed by atoms with Gasteiger partial charge in [-0.25, -0.2) is 0 Å². The van der Waals surface area contributed by atoms with Crippen LogP contribution in [-0.4, -0.2) is 35.5 Å². The maximum atomic E-state index is 12.9. The number of nitrogen functional groups attached to an aromatic ring is 1. The third-order valence-electron chi connectivity index (χ3n) is 4.36. The fourth-order valence-corrected chi connectivity index (χ4v) is 3.05. The average molecular weight is 387 g/mol. The summed E-state index contributed by atoms with van der Waals surface area (Å²) in [7, 11) is 7.37. The minimum Gasteiger partial charge on any atom is -0.493 e. The van der Waals surface area contributed by atoms with Crippen LogP contribution < -0.4 is 34.8 Å². The van der Waals surface area contributed by atoms with Crippen molar-refractivity contribution in [3.8, 4) is 40.1 Å². The number of methoxy groups -OCH3 is 5. The number of nitrogens with two attached hydrogens (primary N) is 1. The van der Waals surface area contributed by atoms with E-state index in [9.17, 15) is 4.79 Å². The van der Waals surface area contributed by atoms with E-state index >= 15 is 0 Å². The van der Waals surface area contributed by atoms with E-state index in [2.05, 4.69) is 0 Å². The first-order chi connectivity index (χ1) is 13.5. The van der Waals surface area contributed by atoms with Gasteiger partial charge in [0, 0.05) is 11.6 Å². The summed E-state index contributed by atoms with van der Waals surface area (Å²) in [4.78, 5) is 12.9. The summed E-state index contributed by atoms with van der Waals surface area (Å²) in [5, 5.41) is 0.168. The fourth-order valence-electron chi connectivity index (χ4n) is 3.05. The molecule has 3 aromatic rings. The second kappa shape index (κ2) is 7.59. The maximum absolute atomic E-state index is 12.9. The van der Waals surface area contributed by atoms with E-state index in [1.54, 1.807) is 25.3 Å². The van der Waals surface area contributed by atoms with Gasteiger partial charge in [0.05, 0.1) is 35.5 Å². The Labute approximate surface area is 161 Å². The lowest BCUT2D eigenvalue weighted by Gasteiger charge is -2.17. The van der Waals surface area contributed by atoms with Crippen molar-refractivity contribution in [2.24, 2.45) is 0 Å². The number of anilines is 1. The number of benzene rings is 2. The molecule has 148 valence electrons. The van der Waals surface area contributed by atoms with Crippen LogP contribution in [0.2, 0.25) is 0 Å². The van der Waals surface area contributed by atoms with Gasteiger partial charge in [0.2, 0.25) is 5.75 Å². The van der Waals surface area contributed by atoms with E-state index in [0.717, 1.165) is 0 Å². The summed E-state index contributed by atoms with van der Waals surface area (Å²) in [6, 6.07) is 6.53. The number of ether oxygens (including phenoxy) is 5. The van der Waals surface area contributed by atoms with E-state index < -0.39 is 0 Å². The summed E-state index contributed by atoms with van der Waals surface area (Å²) in [6.07, 6.45) is 0. The quantitative estimate of drug-likeness (QED) is 0.644. The predicted molar refractivity (Wildman–Crippen MR) is 105 cm³/mol. The molecule has 8 heteroatoms. The van der Waals surface area contributed by atoms with Gasteiger partial charge in [0.15, 0.2) is 34.0 Å². The van der Waals surface area contributed by atoms with Crippen molar-refractivity contribution in [1.82, 2.24) is 0 Å². The topological polar surface area (TPSA) is 102 Å². The van der Waals surface area contributed by atoms with Gasteiger partial charge in [-0.2, -0.15) is 0 Å². The van der Waals surface area contributed by atoms with Gasteiger partial charge in [-0.3, -0.25) is 4.79 Å². The smallest absolute Gasteiger partial charge is 0.206 e. The highest BCUT2D eigenvalue weighted by atomic mass is 16.5. The molecule has 0 saturated heterocycles. The molecule has 0 aliphatic heterocycles. The van der Waals surface area contributed by atoms with Crippen molar-refractivity contribution < 1.29 is 28.1 Å². The normalized spacial score (nSPS) is 10.6. The largest absolute Gasteiger partial charge is 0.493 e. The van der Waals surface area contributed by atoms with Crippen LogP contribution in [-0.2, 0) is 0 Å². The molecule has 2 aromatic carbocycles. The molecule has 3 rings (SSSR count). The second-order valence-electron chi connectivity index (χ2n) is 5.76. The van der Waals surface area contributed by atoms with Crippen LogP contribution >= 0.6 is 0 Å². The Hall–Kier alpha value is -3.55. The zero-order valence-electron chi connectivity index (χ0n) is 16.2. The molecule has 0 atom stereocenters.